The molecule has 1 saturated heterocycles. The van der Waals surface area contributed by atoms with Crippen LogP contribution in [0.3, 0.4) is 0 Å². The van der Waals surface area contributed by atoms with E-state index in [1.807, 2.05) is 23.9 Å². The second kappa shape index (κ2) is 16.5. The van der Waals surface area contributed by atoms with Gasteiger partial charge in [-0.25, -0.2) is 23.4 Å². The number of alkyl halides is 2. The molecule has 2 aliphatic rings. The smallest absolute Gasteiger partial charge is 0.261 e. The molecule has 1 aromatic carbocycles. The van der Waals surface area contributed by atoms with Gasteiger partial charge in [0.15, 0.2) is 0 Å². The molecule has 6 rings (SSSR count). The lowest BCUT2D eigenvalue weighted by atomic mass is 9.90. The third kappa shape index (κ3) is 9.22. The first kappa shape index (κ1) is 34.1. The first-order valence-electron chi connectivity index (χ1n) is 16.4. The molecule has 4 heterocycles. The van der Waals surface area contributed by atoms with Crippen molar-refractivity contribution >= 4 is 11.6 Å². The fourth-order valence-corrected chi connectivity index (χ4v) is 6.09. The topological polar surface area (TPSA) is 163 Å². The Bertz CT molecular complexity index is 1650. The number of rotatable bonds is 15. The predicted octanol–water partition coefficient (Wildman–Crippen LogP) is 3.89. The molecule has 1 N–H and O–H groups in total. The Kier molecular flexibility index (Phi) is 11.5. The Hall–Kier alpha value is -4.79. The van der Waals surface area contributed by atoms with Crippen molar-refractivity contribution < 1.29 is 27.7 Å². The Morgan fingerprint density at radius 2 is 1.84 bits per heavy atom. The summed E-state index contributed by atoms with van der Waals surface area (Å²) < 4.78 is 50.9. The van der Waals surface area contributed by atoms with Crippen LogP contribution in [0.5, 0.6) is 11.6 Å². The van der Waals surface area contributed by atoms with Crippen molar-refractivity contribution in [2.24, 2.45) is 0 Å². The summed E-state index contributed by atoms with van der Waals surface area (Å²) in [6.07, 6.45) is 7.94. The molecule has 49 heavy (non-hydrogen) atoms. The Morgan fingerprint density at radius 3 is 2.55 bits per heavy atom. The number of aromatic nitrogens is 8. The zero-order valence-corrected chi connectivity index (χ0v) is 27.2. The van der Waals surface area contributed by atoms with Gasteiger partial charge in [0, 0.05) is 37.1 Å². The van der Waals surface area contributed by atoms with E-state index in [0.29, 0.717) is 47.0 Å². The molecule has 0 bridgehead atoms. The van der Waals surface area contributed by atoms with E-state index in [0.717, 1.165) is 57.6 Å². The van der Waals surface area contributed by atoms with E-state index in [9.17, 15) is 14.0 Å². The monoisotopic (exact) mass is 679 g/mol. The first-order valence-corrected chi connectivity index (χ1v) is 16.4. The highest BCUT2D eigenvalue weighted by molar-refractivity contribution is 5.67. The maximum atomic E-state index is 12.5. The van der Waals surface area contributed by atoms with Gasteiger partial charge in [0.2, 0.25) is 5.95 Å². The Morgan fingerprint density at radius 1 is 1.06 bits per heavy atom. The number of halogens is 2. The summed E-state index contributed by atoms with van der Waals surface area (Å²) in [5, 5.41) is 28.7. The fraction of sp³-hybridized carbons (Fsp3) is 0.531. The van der Waals surface area contributed by atoms with Crippen LogP contribution in [0, 0.1) is 11.3 Å². The lowest BCUT2D eigenvalue weighted by Crippen LogP contribution is -2.45. The van der Waals surface area contributed by atoms with Crippen LogP contribution in [0.4, 0.5) is 20.4 Å². The van der Waals surface area contributed by atoms with Gasteiger partial charge in [-0.15, -0.1) is 10.2 Å². The van der Waals surface area contributed by atoms with Crippen molar-refractivity contribution in [3.8, 4) is 28.8 Å². The predicted molar refractivity (Wildman–Crippen MR) is 172 cm³/mol. The molecule has 2 fully saturated rings. The molecule has 17 heteroatoms. The van der Waals surface area contributed by atoms with Crippen molar-refractivity contribution in [3.63, 3.8) is 0 Å². The molecular weight excluding hydrogens is 640 g/mol. The van der Waals surface area contributed by atoms with Crippen LogP contribution >= 0.6 is 0 Å². The van der Waals surface area contributed by atoms with Gasteiger partial charge in [-0.05, 0) is 60.7 Å². The largest absolute Gasteiger partial charge is 0.487 e. The summed E-state index contributed by atoms with van der Waals surface area (Å²) in [6.45, 7) is 5.19. The number of hydrogen-bond donors (Lipinski definition) is 1. The van der Waals surface area contributed by atoms with E-state index < -0.39 is 13.0 Å². The van der Waals surface area contributed by atoms with E-state index in [-0.39, 0.29) is 25.4 Å². The Balaban J connectivity index is 1.13. The quantitative estimate of drug-likeness (QED) is 0.180. The molecule has 0 radical (unpaired) electrons. The molecule has 260 valence electrons. The van der Waals surface area contributed by atoms with E-state index in [4.69, 9.17) is 24.0 Å². The van der Waals surface area contributed by atoms with Crippen LogP contribution in [0.1, 0.15) is 44.2 Å². The summed E-state index contributed by atoms with van der Waals surface area (Å²) in [7, 11) is 0. The summed E-state index contributed by atoms with van der Waals surface area (Å²) in [6, 6.07) is 8.18. The van der Waals surface area contributed by atoms with Crippen LogP contribution in [0.25, 0.3) is 11.1 Å². The highest BCUT2D eigenvalue weighted by Crippen LogP contribution is 2.35. The number of hydrogen-bond acceptors (Lipinski definition) is 13. The van der Waals surface area contributed by atoms with E-state index in [1.165, 1.54) is 6.33 Å². The zero-order valence-electron chi connectivity index (χ0n) is 27.2. The second-order valence-corrected chi connectivity index (χ2v) is 12.0. The number of morpholine rings is 1. The van der Waals surface area contributed by atoms with Crippen LogP contribution in [0.15, 0.2) is 43.1 Å². The molecule has 15 nitrogen and oxygen atoms in total. The van der Waals surface area contributed by atoms with Crippen molar-refractivity contribution in [1.29, 1.82) is 5.26 Å². The normalized spacial score (nSPS) is 19.0. The summed E-state index contributed by atoms with van der Waals surface area (Å²) >= 11 is 0. The van der Waals surface area contributed by atoms with Crippen molar-refractivity contribution in [2.75, 3.05) is 51.4 Å². The molecule has 0 amide bonds. The SMILES string of the molecule is CC(Cn1cnnn1)Oc1cc(-c2cnc(Nc3cn(C4CCC(N5CCOCC5)CC4)nc3OCCOCC(F)F)nc2)ccc1C#N. The lowest BCUT2D eigenvalue weighted by Gasteiger charge is -2.38. The van der Waals surface area contributed by atoms with Crippen molar-refractivity contribution in [3.05, 3.63) is 48.7 Å². The van der Waals surface area contributed by atoms with Gasteiger partial charge in [-0.1, -0.05) is 6.07 Å². The molecule has 1 aliphatic heterocycles. The van der Waals surface area contributed by atoms with Crippen molar-refractivity contribution in [2.45, 2.75) is 63.8 Å². The van der Waals surface area contributed by atoms with Crippen molar-refractivity contribution in [1.82, 2.24) is 44.9 Å². The van der Waals surface area contributed by atoms with Gasteiger partial charge >= 0.3 is 0 Å². The molecule has 1 unspecified atom stereocenters. The molecular formula is C32H39F2N11O4. The molecule has 3 aromatic heterocycles. The number of benzene rings is 1. The minimum Gasteiger partial charge on any atom is -0.487 e. The molecule has 0 spiro atoms. The van der Waals surface area contributed by atoms with Crippen LogP contribution < -0.4 is 14.8 Å². The summed E-state index contributed by atoms with van der Waals surface area (Å²) in [5.41, 5.74) is 2.43. The second-order valence-electron chi connectivity index (χ2n) is 12.0. The summed E-state index contributed by atoms with van der Waals surface area (Å²) in [4.78, 5) is 11.6. The van der Waals surface area contributed by atoms with Crippen LogP contribution in [-0.4, -0.2) is 110 Å². The van der Waals surface area contributed by atoms with Gasteiger partial charge < -0.3 is 24.3 Å². The van der Waals surface area contributed by atoms with Crippen LogP contribution in [0.2, 0.25) is 0 Å². The number of nitriles is 1. The van der Waals surface area contributed by atoms with E-state index in [2.05, 4.69) is 41.8 Å². The van der Waals surface area contributed by atoms with Gasteiger partial charge in [-0.3, -0.25) is 9.58 Å². The molecule has 1 atom stereocenters. The maximum absolute atomic E-state index is 12.5. The van der Waals surface area contributed by atoms with Gasteiger partial charge in [-0.2, -0.15) is 5.26 Å². The molecule has 4 aromatic rings. The summed E-state index contributed by atoms with van der Waals surface area (Å²) in [5.74, 6) is 1.06. The van der Waals surface area contributed by atoms with Gasteiger partial charge in [0.25, 0.3) is 12.3 Å². The minimum atomic E-state index is -2.54. The standard InChI is InChI=1S/C32H39F2N11O4/c1-22(18-44-21-38-41-42-44)49-29-14-23(2-3-24(29)15-35)25-16-36-32(37-17-25)39-28-19-45(40-31(28)48-13-12-47-20-30(33)34)27-6-4-26(5-7-27)43-8-10-46-11-9-43/h2-3,14,16-17,19,21-22,26-27,30H,4-13,18,20H2,1H3,(H,36,37,39). The Labute approximate surface area is 282 Å². The third-order valence-electron chi connectivity index (χ3n) is 8.51. The highest BCUT2D eigenvalue weighted by atomic mass is 19.3. The fourth-order valence-electron chi connectivity index (χ4n) is 6.09. The first-order chi connectivity index (χ1) is 23.9. The van der Waals surface area contributed by atoms with Crippen LogP contribution in [-0.2, 0) is 16.0 Å². The van der Waals surface area contributed by atoms with Gasteiger partial charge in [0.05, 0.1) is 44.2 Å². The number of nitrogens with zero attached hydrogens (tertiary/aromatic N) is 10. The number of nitrogens with one attached hydrogen (secondary N) is 1. The van der Waals surface area contributed by atoms with E-state index >= 15 is 0 Å². The number of anilines is 2. The maximum Gasteiger partial charge on any atom is 0.261 e. The van der Waals surface area contributed by atoms with E-state index in [1.54, 1.807) is 29.2 Å². The minimum absolute atomic E-state index is 0.000771. The zero-order chi connectivity index (χ0) is 34.0. The van der Waals surface area contributed by atoms with Gasteiger partial charge in [0.1, 0.15) is 43.2 Å². The average Bonchev–Trinajstić information content (AvgIpc) is 3.78. The lowest BCUT2D eigenvalue weighted by molar-refractivity contribution is 0.00467. The molecule has 1 saturated carbocycles. The average molecular weight is 680 g/mol. The highest BCUT2D eigenvalue weighted by Gasteiger charge is 2.29. The molecule has 1 aliphatic carbocycles. The number of tetrazole rings is 1. The number of ether oxygens (including phenoxy) is 4. The third-order valence-corrected chi connectivity index (χ3v) is 8.51.